The van der Waals surface area contributed by atoms with Gasteiger partial charge < -0.3 is 14.9 Å². The van der Waals surface area contributed by atoms with Crippen molar-refractivity contribution in [3.8, 4) is 0 Å². The molecule has 0 saturated carbocycles. The minimum atomic E-state index is -0.884. The summed E-state index contributed by atoms with van der Waals surface area (Å²) in [7, 11) is 0. The fourth-order valence-electron chi connectivity index (χ4n) is 3.46. The normalized spacial score (nSPS) is 21.9. The Labute approximate surface area is 141 Å². The predicted octanol–water partition coefficient (Wildman–Crippen LogP) is 0.669. The van der Waals surface area contributed by atoms with E-state index in [1.165, 1.54) is 4.90 Å². The fraction of sp³-hybridized carbons (Fsp3) is 0.588. The highest BCUT2D eigenvalue weighted by atomic mass is 16.4. The summed E-state index contributed by atoms with van der Waals surface area (Å²) in [5, 5.41) is 9.17. The molecule has 1 atom stereocenters. The summed E-state index contributed by atoms with van der Waals surface area (Å²) in [5.41, 5.74) is 0. The van der Waals surface area contributed by atoms with Crippen LogP contribution in [-0.2, 0) is 9.59 Å². The van der Waals surface area contributed by atoms with E-state index in [2.05, 4.69) is 14.8 Å². The number of carboxylic acid groups (broad SMARTS) is 1. The molecule has 130 valence electrons. The molecule has 1 aromatic heterocycles. The van der Waals surface area contributed by atoms with E-state index in [1.54, 1.807) is 6.20 Å². The molecule has 0 bridgehead atoms. The molecule has 3 rings (SSSR count). The Kier molecular flexibility index (Phi) is 5.30. The van der Waals surface area contributed by atoms with Gasteiger partial charge in [-0.15, -0.1) is 0 Å². The molecule has 1 aromatic rings. The number of carbonyl (C=O) groups is 2. The van der Waals surface area contributed by atoms with Crippen LogP contribution < -0.4 is 4.90 Å². The summed E-state index contributed by atoms with van der Waals surface area (Å²) in [4.78, 5) is 33.9. The summed E-state index contributed by atoms with van der Waals surface area (Å²) >= 11 is 0. The zero-order valence-corrected chi connectivity index (χ0v) is 13.8. The van der Waals surface area contributed by atoms with E-state index < -0.39 is 12.0 Å². The second-order valence-corrected chi connectivity index (χ2v) is 6.35. The zero-order chi connectivity index (χ0) is 16.9. The first kappa shape index (κ1) is 16.7. The average Bonchev–Trinajstić information content (AvgIpc) is 3.11. The molecular weight excluding hydrogens is 308 g/mol. The lowest BCUT2D eigenvalue weighted by atomic mass is 10.2. The van der Waals surface area contributed by atoms with Gasteiger partial charge in [0, 0.05) is 51.9 Å². The van der Waals surface area contributed by atoms with E-state index >= 15 is 0 Å². The minimum Gasteiger partial charge on any atom is -0.480 e. The molecule has 1 N–H and O–H groups in total. The summed E-state index contributed by atoms with van der Waals surface area (Å²) < 4.78 is 0. The molecule has 0 aliphatic carbocycles. The average molecular weight is 332 g/mol. The molecule has 2 aliphatic rings. The third-order valence-corrected chi connectivity index (χ3v) is 4.85. The van der Waals surface area contributed by atoms with Crippen molar-refractivity contribution >= 4 is 17.7 Å². The van der Waals surface area contributed by atoms with Crippen molar-refractivity contribution in [2.45, 2.75) is 25.3 Å². The molecule has 2 aliphatic heterocycles. The van der Waals surface area contributed by atoms with E-state index in [4.69, 9.17) is 0 Å². The Morgan fingerprint density at radius 3 is 2.62 bits per heavy atom. The third-order valence-electron chi connectivity index (χ3n) is 4.85. The minimum absolute atomic E-state index is 0.0351. The van der Waals surface area contributed by atoms with Gasteiger partial charge in [0.2, 0.25) is 5.91 Å². The standard InChI is InChI=1S/C17H24N4O3/c22-16(21-8-3-4-14(21)17(23)24)6-9-19-10-12-20(13-11-19)15-5-1-2-7-18-15/h1-2,5,7,14H,3-4,6,8-13H2,(H,23,24)/t14-/m1/s1. The second kappa shape index (κ2) is 7.61. The van der Waals surface area contributed by atoms with Crippen molar-refractivity contribution < 1.29 is 14.7 Å². The van der Waals surface area contributed by atoms with Crippen LogP contribution in [-0.4, -0.2) is 77.1 Å². The first-order valence-corrected chi connectivity index (χ1v) is 8.56. The number of carbonyl (C=O) groups excluding carboxylic acids is 1. The van der Waals surface area contributed by atoms with E-state index in [0.717, 1.165) is 38.4 Å². The first-order valence-electron chi connectivity index (χ1n) is 8.56. The van der Waals surface area contributed by atoms with E-state index in [0.29, 0.717) is 25.9 Å². The number of nitrogens with zero attached hydrogens (tertiary/aromatic N) is 4. The number of aliphatic carboxylic acids is 1. The van der Waals surface area contributed by atoms with Crippen molar-refractivity contribution in [2.75, 3.05) is 44.2 Å². The smallest absolute Gasteiger partial charge is 0.326 e. The maximum Gasteiger partial charge on any atom is 0.326 e. The number of rotatable bonds is 5. The van der Waals surface area contributed by atoms with Gasteiger partial charge in [0.1, 0.15) is 11.9 Å². The predicted molar refractivity (Wildman–Crippen MR) is 89.9 cm³/mol. The Balaban J connectivity index is 1.43. The lowest BCUT2D eigenvalue weighted by Crippen LogP contribution is -2.48. The van der Waals surface area contributed by atoms with Gasteiger partial charge >= 0.3 is 5.97 Å². The number of carboxylic acids is 1. The largest absolute Gasteiger partial charge is 0.480 e. The molecule has 0 aromatic carbocycles. The molecule has 2 saturated heterocycles. The van der Waals surface area contributed by atoms with E-state index in [-0.39, 0.29) is 5.91 Å². The second-order valence-electron chi connectivity index (χ2n) is 6.35. The summed E-state index contributed by atoms with van der Waals surface area (Å²) in [6.07, 6.45) is 3.55. The fourth-order valence-corrected chi connectivity index (χ4v) is 3.46. The molecule has 2 fully saturated rings. The lowest BCUT2D eigenvalue weighted by molar-refractivity contribution is -0.148. The van der Waals surface area contributed by atoms with Crippen molar-refractivity contribution in [3.05, 3.63) is 24.4 Å². The van der Waals surface area contributed by atoms with Gasteiger partial charge in [-0.2, -0.15) is 0 Å². The van der Waals surface area contributed by atoms with Crippen LogP contribution in [0.5, 0.6) is 0 Å². The van der Waals surface area contributed by atoms with Gasteiger partial charge in [0.25, 0.3) is 0 Å². The van der Waals surface area contributed by atoms with Gasteiger partial charge in [-0.25, -0.2) is 9.78 Å². The van der Waals surface area contributed by atoms with Crippen molar-refractivity contribution in [3.63, 3.8) is 0 Å². The summed E-state index contributed by atoms with van der Waals surface area (Å²) in [6.45, 7) is 4.85. The Morgan fingerprint density at radius 1 is 1.17 bits per heavy atom. The third kappa shape index (κ3) is 3.84. The summed E-state index contributed by atoms with van der Waals surface area (Å²) in [5.74, 6) is 0.0754. The number of piperazine rings is 1. The lowest BCUT2D eigenvalue weighted by Gasteiger charge is -2.35. The van der Waals surface area contributed by atoms with Gasteiger partial charge in [0.15, 0.2) is 0 Å². The molecule has 24 heavy (non-hydrogen) atoms. The number of amides is 1. The Bertz CT molecular complexity index is 572. The van der Waals surface area contributed by atoms with E-state index in [9.17, 15) is 14.7 Å². The number of aromatic nitrogens is 1. The molecular formula is C17H24N4O3. The number of hydrogen-bond donors (Lipinski definition) is 1. The van der Waals surface area contributed by atoms with Crippen molar-refractivity contribution in [2.24, 2.45) is 0 Å². The first-order chi connectivity index (χ1) is 11.6. The van der Waals surface area contributed by atoms with Gasteiger partial charge in [-0.1, -0.05) is 6.07 Å². The molecule has 3 heterocycles. The van der Waals surface area contributed by atoms with Crippen LogP contribution in [0.25, 0.3) is 0 Å². The number of anilines is 1. The van der Waals surface area contributed by atoms with Crippen LogP contribution in [0.4, 0.5) is 5.82 Å². The monoisotopic (exact) mass is 332 g/mol. The SMILES string of the molecule is O=C(O)[C@H]1CCCN1C(=O)CCN1CCN(c2ccccn2)CC1. The van der Waals surface area contributed by atoms with Crippen LogP contribution >= 0.6 is 0 Å². The van der Waals surface area contributed by atoms with Gasteiger partial charge in [-0.3, -0.25) is 9.69 Å². The van der Waals surface area contributed by atoms with Crippen LogP contribution in [0.2, 0.25) is 0 Å². The molecule has 0 radical (unpaired) electrons. The molecule has 0 unspecified atom stereocenters. The Hall–Kier alpha value is -2.15. The zero-order valence-electron chi connectivity index (χ0n) is 13.8. The topological polar surface area (TPSA) is 77.0 Å². The van der Waals surface area contributed by atoms with E-state index in [1.807, 2.05) is 18.2 Å². The van der Waals surface area contributed by atoms with Crippen LogP contribution in [0.3, 0.4) is 0 Å². The highest BCUT2D eigenvalue weighted by Crippen LogP contribution is 2.19. The molecule has 7 nitrogen and oxygen atoms in total. The molecule has 1 amide bonds. The maximum atomic E-state index is 12.3. The van der Waals surface area contributed by atoms with Crippen LogP contribution in [0, 0.1) is 0 Å². The van der Waals surface area contributed by atoms with Gasteiger partial charge in [-0.05, 0) is 25.0 Å². The van der Waals surface area contributed by atoms with Crippen LogP contribution in [0.1, 0.15) is 19.3 Å². The van der Waals surface area contributed by atoms with Crippen molar-refractivity contribution in [1.29, 1.82) is 0 Å². The van der Waals surface area contributed by atoms with Crippen molar-refractivity contribution in [1.82, 2.24) is 14.8 Å². The van der Waals surface area contributed by atoms with Crippen LogP contribution in [0.15, 0.2) is 24.4 Å². The molecule has 0 spiro atoms. The molecule has 7 heteroatoms. The highest BCUT2D eigenvalue weighted by molar-refractivity contribution is 5.84. The number of likely N-dealkylation sites (tertiary alicyclic amines) is 1. The van der Waals surface area contributed by atoms with Gasteiger partial charge in [0.05, 0.1) is 0 Å². The Morgan fingerprint density at radius 2 is 1.96 bits per heavy atom. The summed E-state index contributed by atoms with van der Waals surface area (Å²) in [6, 6.07) is 5.29. The highest BCUT2D eigenvalue weighted by Gasteiger charge is 2.33. The quantitative estimate of drug-likeness (QED) is 0.854. The number of hydrogen-bond acceptors (Lipinski definition) is 5. The number of pyridine rings is 1. The maximum absolute atomic E-state index is 12.3.